The van der Waals surface area contributed by atoms with Crippen molar-refractivity contribution in [1.29, 1.82) is 0 Å². The Labute approximate surface area is 150 Å². The van der Waals surface area contributed by atoms with Crippen molar-refractivity contribution in [3.8, 4) is 0 Å². The SMILES string of the molecule is O=C(Nc1ccc(Cl)cc1)[C@@H]1CCCN1C(=O)c1ccc(Cl)cc1. The van der Waals surface area contributed by atoms with E-state index in [1.54, 1.807) is 53.4 Å². The smallest absolute Gasteiger partial charge is 0.254 e. The molecule has 124 valence electrons. The van der Waals surface area contributed by atoms with Crippen LogP contribution in [0.15, 0.2) is 48.5 Å². The van der Waals surface area contributed by atoms with Crippen LogP contribution in [0, 0.1) is 0 Å². The first-order chi connectivity index (χ1) is 11.5. The van der Waals surface area contributed by atoms with Gasteiger partial charge in [0.15, 0.2) is 0 Å². The minimum absolute atomic E-state index is 0.152. The fourth-order valence-electron chi connectivity index (χ4n) is 2.80. The molecule has 1 aliphatic rings. The summed E-state index contributed by atoms with van der Waals surface area (Å²) >= 11 is 11.7. The van der Waals surface area contributed by atoms with Crippen LogP contribution in [0.2, 0.25) is 10.0 Å². The van der Waals surface area contributed by atoms with Crippen LogP contribution in [0.3, 0.4) is 0 Å². The summed E-state index contributed by atoms with van der Waals surface area (Å²) < 4.78 is 0. The summed E-state index contributed by atoms with van der Waals surface area (Å²) in [5, 5.41) is 4.02. The maximum Gasteiger partial charge on any atom is 0.254 e. The van der Waals surface area contributed by atoms with E-state index in [4.69, 9.17) is 23.2 Å². The molecule has 1 saturated heterocycles. The molecule has 24 heavy (non-hydrogen) atoms. The lowest BCUT2D eigenvalue weighted by Gasteiger charge is -2.24. The zero-order valence-electron chi connectivity index (χ0n) is 12.8. The summed E-state index contributed by atoms with van der Waals surface area (Å²) in [6.45, 7) is 0.570. The second kappa shape index (κ2) is 7.24. The van der Waals surface area contributed by atoms with Gasteiger partial charge in [0, 0.05) is 27.8 Å². The van der Waals surface area contributed by atoms with Gasteiger partial charge in [-0.2, -0.15) is 0 Å². The van der Waals surface area contributed by atoms with Crippen molar-refractivity contribution in [3.63, 3.8) is 0 Å². The molecular weight excluding hydrogens is 347 g/mol. The van der Waals surface area contributed by atoms with E-state index in [0.29, 0.717) is 34.3 Å². The molecule has 0 bridgehead atoms. The van der Waals surface area contributed by atoms with Gasteiger partial charge in [-0.3, -0.25) is 9.59 Å². The van der Waals surface area contributed by atoms with Gasteiger partial charge in [0.05, 0.1) is 0 Å². The predicted molar refractivity (Wildman–Crippen MR) is 95.6 cm³/mol. The fourth-order valence-corrected chi connectivity index (χ4v) is 3.05. The van der Waals surface area contributed by atoms with Gasteiger partial charge in [-0.05, 0) is 61.4 Å². The molecule has 1 heterocycles. The number of nitrogens with zero attached hydrogens (tertiary/aromatic N) is 1. The predicted octanol–water partition coefficient (Wildman–Crippen LogP) is 4.24. The van der Waals surface area contributed by atoms with Crippen molar-refractivity contribution in [2.24, 2.45) is 0 Å². The first-order valence-corrected chi connectivity index (χ1v) is 8.43. The molecule has 3 rings (SSSR count). The second-order valence-corrected chi connectivity index (χ2v) is 6.53. The minimum atomic E-state index is -0.469. The summed E-state index contributed by atoms with van der Waals surface area (Å²) in [4.78, 5) is 26.8. The first-order valence-electron chi connectivity index (χ1n) is 7.67. The van der Waals surface area contributed by atoms with Gasteiger partial charge in [0.2, 0.25) is 5.91 Å². The number of nitrogens with one attached hydrogen (secondary N) is 1. The zero-order valence-corrected chi connectivity index (χ0v) is 14.3. The van der Waals surface area contributed by atoms with E-state index >= 15 is 0 Å². The summed E-state index contributed by atoms with van der Waals surface area (Å²) in [6.07, 6.45) is 1.46. The molecule has 2 amide bonds. The Morgan fingerprint density at radius 1 is 0.958 bits per heavy atom. The number of hydrogen-bond acceptors (Lipinski definition) is 2. The maximum atomic E-state index is 12.7. The summed E-state index contributed by atoms with van der Waals surface area (Å²) in [6, 6.07) is 13.1. The Balaban J connectivity index is 1.72. The van der Waals surface area contributed by atoms with Crippen LogP contribution in [0.1, 0.15) is 23.2 Å². The average molecular weight is 363 g/mol. The fraction of sp³-hybridized carbons (Fsp3) is 0.222. The number of carbonyl (C=O) groups is 2. The van der Waals surface area contributed by atoms with Gasteiger partial charge in [-0.15, -0.1) is 0 Å². The number of anilines is 1. The van der Waals surface area contributed by atoms with Crippen LogP contribution in [0.5, 0.6) is 0 Å². The van der Waals surface area contributed by atoms with Gasteiger partial charge >= 0.3 is 0 Å². The highest BCUT2D eigenvalue weighted by molar-refractivity contribution is 6.31. The minimum Gasteiger partial charge on any atom is -0.327 e. The molecule has 0 spiro atoms. The molecule has 1 aliphatic heterocycles. The van der Waals surface area contributed by atoms with Crippen LogP contribution >= 0.6 is 23.2 Å². The third kappa shape index (κ3) is 3.71. The topological polar surface area (TPSA) is 49.4 Å². The monoisotopic (exact) mass is 362 g/mol. The van der Waals surface area contributed by atoms with E-state index in [0.717, 1.165) is 6.42 Å². The lowest BCUT2D eigenvalue weighted by atomic mass is 10.1. The summed E-state index contributed by atoms with van der Waals surface area (Å²) in [5.74, 6) is -0.336. The van der Waals surface area contributed by atoms with E-state index in [1.165, 1.54) is 0 Å². The molecule has 1 N–H and O–H groups in total. The summed E-state index contributed by atoms with van der Waals surface area (Å²) in [5.41, 5.74) is 1.20. The molecule has 0 aromatic heterocycles. The maximum absolute atomic E-state index is 12.7. The standard InChI is InChI=1S/C18H16Cl2N2O2/c19-13-5-3-12(4-6-13)18(24)22-11-1-2-16(22)17(23)21-15-9-7-14(20)8-10-15/h3-10,16H,1-2,11H2,(H,21,23)/t16-/m0/s1. The molecule has 2 aromatic carbocycles. The second-order valence-electron chi connectivity index (χ2n) is 5.66. The number of likely N-dealkylation sites (tertiary alicyclic amines) is 1. The molecule has 2 aromatic rings. The van der Waals surface area contributed by atoms with Crippen molar-refractivity contribution in [1.82, 2.24) is 4.90 Å². The highest BCUT2D eigenvalue weighted by atomic mass is 35.5. The Kier molecular flexibility index (Phi) is 5.07. The third-order valence-electron chi connectivity index (χ3n) is 4.02. The molecular formula is C18H16Cl2N2O2. The normalized spacial score (nSPS) is 16.9. The molecule has 1 atom stereocenters. The number of rotatable bonds is 3. The Morgan fingerprint density at radius 3 is 2.17 bits per heavy atom. The first kappa shape index (κ1) is 16.8. The molecule has 0 radical (unpaired) electrons. The zero-order chi connectivity index (χ0) is 17.1. The van der Waals surface area contributed by atoms with Gasteiger partial charge < -0.3 is 10.2 Å². The van der Waals surface area contributed by atoms with Gasteiger partial charge in [0.1, 0.15) is 6.04 Å². The molecule has 4 nitrogen and oxygen atoms in total. The summed E-state index contributed by atoms with van der Waals surface area (Å²) in [7, 11) is 0. The highest BCUT2D eigenvalue weighted by Crippen LogP contribution is 2.23. The van der Waals surface area contributed by atoms with E-state index < -0.39 is 6.04 Å². The van der Waals surface area contributed by atoms with Crippen molar-refractivity contribution >= 4 is 40.7 Å². The van der Waals surface area contributed by atoms with Crippen LogP contribution < -0.4 is 5.32 Å². The van der Waals surface area contributed by atoms with Crippen LogP contribution in [0.25, 0.3) is 0 Å². The molecule has 0 saturated carbocycles. The Bertz CT molecular complexity index is 745. The van der Waals surface area contributed by atoms with E-state index in [2.05, 4.69) is 5.32 Å². The molecule has 6 heteroatoms. The van der Waals surface area contributed by atoms with Gasteiger partial charge in [0.25, 0.3) is 5.91 Å². The lowest BCUT2D eigenvalue weighted by molar-refractivity contribution is -0.119. The molecule has 1 fully saturated rings. The van der Waals surface area contributed by atoms with E-state index in [9.17, 15) is 9.59 Å². The highest BCUT2D eigenvalue weighted by Gasteiger charge is 2.34. The van der Waals surface area contributed by atoms with Crippen LogP contribution in [-0.2, 0) is 4.79 Å². The Morgan fingerprint density at radius 2 is 1.54 bits per heavy atom. The third-order valence-corrected chi connectivity index (χ3v) is 4.52. The number of benzene rings is 2. The van der Waals surface area contributed by atoms with Crippen molar-refractivity contribution in [2.75, 3.05) is 11.9 Å². The lowest BCUT2D eigenvalue weighted by Crippen LogP contribution is -2.43. The van der Waals surface area contributed by atoms with Crippen LogP contribution in [0.4, 0.5) is 5.69 Å². The van der Waals surface area contributed by atoms with Crippen molar-refractivity contribution < 1.29 is 9.59 Å². The van der Waals surface area contributed by atoms with Crippen molar-refractivity contribution in [3.05, 3.63) is 64.1 Å². The quantitative estimate of drug-likeness (QED) is 0.887. The number of amides is 2. The molecule has 0 unspecified atom stereocenters. The van der Waals surface area contributed by atoms with Gasteiger partial charge in [-0.25, -0.2) is 0 Å². The van der Waals surface area contributed by atoms with Gasteiger partial charge in [-0.1, -0.05) is 23.2 Å². The molecule has 0 aliphatic carbocycles. The van der Waals surface area contributed by atoms with E-state index in [1.807, 2.05) is 0 Å². The average Bonchev–Trinajstić information content (AvgIpc) is 3.07. The van der Waals surface area contributed by atoms with Crippen LogP contribution in [-0.4, -0.2) is 29.3 Å². The Hall–Kier alpha value is -2.04. The number of hydrogen-bond donors (Lipinski definition) is 1. The van der Waals surface area contributed by atoms with E-state index in [-0.39, 0.29) is 11.8 Å². The number of carbonyl (C=O) groups excluding carboxylic acids is 2. The number of halogens is 2. The van der Waals surface area contributed by atoms with Crippen molar-refractivity contribution in [2.45, 2.75) is 18.9 Å². The largest absolute Gasteiger partial charge is 0.327 e.